The van der Waals surface area contributed by atoms with Crippen LogP contribution in [0.1, 0.15) is 29.6 Å². The van der Waals surface area contributed by atoms with Crippen molar-refractivity contribution in [3.05, 3.63) is 40.4 Å². The molecule has 3 heteroatoms. The number of Topliss-reactive ketones (excluding diaryl/α,β-unsaturated/α-hetero) is 1. The van der Waals surface area contributed by atoms with Gasteiger partial charge in [-0.25, -0.2) is 0 Å². The van der Waals surface area contributed by atoms with Gasteiger partial charge in [0.05, 0.1) is 0 Å². The van der Waals surface area contributed by atoms with Crippen LogP contribution in [0.15, 0.2) is 29.8 Å². The van der Waals surface area contributed by atoms with Gasteiger partial charge in [-0.3, -0.25) is 4.79 Å². The Labute approximate surface area is 93.7 Å². The Kier molecular flexibility index (Phi) is 2.78. The van der Waals surface area contributed by atoms with Crippen molar-refractivity contribution in [2.45, 2.75) is 19.3 Å². The molecule has 1 aromatic rings. The van der Waals surface area contributed by atoms with Crippen LogP contribution >= 0.6 is 11.6 Å². The maximum atomic E-state index is 12.0. The van der Waals surface area contributed by atoms with Crippen molar-refractivity contribution in [3.63, 3.8) is 0 Å². The summed E-state index contributed by atoms with van der Waals surface area (Å²) in [5.41, 5.74) is 7.65. The molecule has 2 nitrogen and oxygen atoms in total. The first-order chi connectivity index (χ1) is 7.16. The molecule has 0 spiro atoms. The number of nitrogen functional groups attached to an aromatic ring is 1. The average Bonchev–Trinajstić information content (AvgIpc) is 2.67. The Morgan fingerprint density at radius 2 is 2.13 bits per heavy atom. The van der Waals surface area contributed by atoms with Crippen molar-refractivity contribution < 1.29 is 4.79 Å². The zero-order chi connectivity index (χ0) is 10.8. The molecule has 2 rings (SSSR count). The molecule has 0 saturated heterocycles. The lowest BCUT2D eigenvalue weighted by molar-refractivity contribution is 0.103. The van der Waals surface area contributed by atoms with Crippen LogP contribution in [-0.2, 0) is 0 Å². The van der Waals surface area contributed by atoms with E-state index < -0.39 is 0 Å². The molecule has 1 aliphatic rings. The molecular weight excluding hydrogens is 210 g/mol. The molecule has 0 aliphatic heterocycles. The highest BCUT2D eigenvalue weighted by atomic mass is 35.5. The first-order valence-corrected chi connectivity index (χ1v) is 5.34. The normalized spacial score (nSPS) is 15.1. The lowest BCUT2D eigenvalue weighted by Crippen LogP contribution is -2.02. The molecule has 2 N–H and O–H groups in total. The molecule has 0 bridgehead atoms. The maximum absolute atomic E-state index is 12.0. The summed E-state index contributed by atoms with van der Waals surface area (Å²) in [7, 11) is 0. The van der Waals surface area contributed by atoms with Gasteiger partial charge in [0.1, 0.15) is 0 Å². The summed E-state index contributed by atoms with van der Waals surface area (Å²) in [6.45, 7) is 0. The molecule has 0 saturated carbocycles. The van der Waals surface area contributed by atoms with E-state index in [1.54, 1.807) is 18.2 Å². The van der Waals surface area contributed by atoms with Crippen LogP contribution in [0.2, 0.25) is 5.02 Å². The molecule has 78 valence electrons. The number of carbonyl (C=O) groups excluding carboxylic acids is 1. The highest BCUT2D eigenvalue weighted by Gasteiger charge is 2.15. The van der Waals surface area contributed by atoms with Crippen LogP contribution < -0.4 is 5.73 Å². The minimum atomic E-state index is 0.0571. The van der Waals surface area contributed by atoms with Gasteiger partial charge in [0.2, 0.25) is 0 Å². The fourth-order valence-electron chi connectivity index (χ4n) is 1.81. The third-order valence-electron chi connectivity index (χ3n) is 2.51. The fraction of sp³-hybridized carbons (Fsp3) is 0.250. The van der Waals surface area contributed by atoms with E-state index in [2.05, 4.69) is 0 Å². The highest BCUT2D eigenvalue weighted by molar-refractivity contribution is 6.31. The summed E-state index contributed by atoms with van der Waals surface area (Å²) >= 11 is 5.85. The van der Waals surface area contributed by atoms with Gasteiger partial charge in [-0.05, 0) is 43.0 Å². The van der Waals surface area contributed by atoms with Crippen LogP contribution in [0, 0.1) is 0 Å². The minimum Gasteiger partial charge on any atom is -0.399 e. The predicted molar refractivity (Wildman–Crippen MR) is 62.1 cm³/mol. The molecule has 0 fully saturated rings. The van der Waals surface area contributed by atoms with Gasteiger partial charge in [-0.1, -0.05) is 17.7 Å². The topological polar surface area (TPSA) is 43.1 Å². The molecule has 15 heavy (non-hydrogen) atoms. The number of carbonyl (C=O) groups is 1. The first kappa shape index (κ1) is 10.2. The lowest BCUT2D eigenvalue weighted by Gasteiger charge is -2.03. The number of hydrogen-bond acceptors (Lipinski definition) is 2. The second-order valence-corrected chi connectivity index (χ2v) is 4.16. The monoisotopic (exact) mass is 221 g/mol. The van der Waals surface area contributed by atoms with E-state index in [-0.39, 0.29) is 5.78 Å². The number of benzene rings is 1. The average molecular weight is 222 g/mol. The number of hydrogen-bond donors (Lipinski definition) is 1. The lowest BCUT2D eigenvalue weighted by atomic mass is 10.0. The quantitative estimate of drug-likeness (QED) is 0.616. The van der Waals surface area contributed by atoms with Gasteiger partial charge in [0.25, 0.3) is 0 Å². The summed E-state index contributed by atoms with van der Waals surface area (Å²) in [5, 5.41) is 0.511. The number of allylic oxidation sites excluding steroid dienone is 2. The molecule has 0 heterocycles. The molecule has 1 aromatic carbocycles. The Morgan fingerprint density at radius 3 is 2.73 bits per heavy atom. The van der Waals surface area contributed by atoms with Gasteiger partial charge in [0.15, 0.2) is 5.78 Å². The number of halogens is 1. The molecule has 0 atom stereocenters. The minimum absolute atomic E-state index is 0.0571. The van der Waals surface area contributed by atoms with Gasteiger partial charge in [0, 0.05) is 16.3 Å². The van der Waals surface area contributed by atoms with Gasteiger partial charge in [-0.15, -0.1) is 0 Å². The Morgan fingerprint density at radius 1 is 1.33 bits per heavy atom. The second kappa shape index (κ2) is 4.07. The van der Waals surface area contributed by atoms with E-state index in [4.69, 9.17) is 17.3 Å². The smallest absolute Gasteiger partial charge is 0.188 e. The van der Waals surface area contributed by atoms with E-state index >= 15 is 0 Å². The van der Waals surface area contributed by atoms with Crippen LogP contribution in [0.25, 0.3) is 0 Å². The van der Waals surface area contributed by atoms with E-state index in [0.29, 0.717) is 16.3 Å². The van der Waals surface area contributed by atoms with Crippen molar-refractivity contribution >= 4 is 23.1 Å². The highest BCUT2D eigenvalue weighted by Crippen LogP contribution is 2.24. The Bertz CT molecular complexity index is 417. The van der Waals surface area contributed by atoms with Crippen LogP contribution in [0.5, 0.6) is 0 Å². The number of anilines is 1. The molecule has 0 unspecified atom stereocenters. The summed E-state index contributed by atoms with van der Waals surface area (Å²) in [5.74, 6) is 0.0571. The molecule has 0 radical (unpaired) electrons. The SMILES string of the molecule is Nc1cc(Cl)cc(C(=O)C2=CCCC2)c1. The maximum Gasteiger partial charge on any atom is 0.188 e. The Balaban J connectivity index is 2.32. The van der Waals surface area contributed by atoms with E-state index in [0.717, 1.165) is 24.8 Å². The second-order valence-electron chi connectivity index (χ2n) is 3.72. The molecule has 0 amide bonds. The summed E-state index contributed by atoms with van der Waals surface area (Å²) in [6.07, 6.45) is 4.93. The fourth-order valence-corrected chi connectivity index (χ4v) is 2.05. The van der Waals surface area contributed by atoms with Gasteiger partial charge < -0.3 is 5.73 Å². The van der Waals surface area contributed by atoms with Crippen LogP contribution in [0.4, 0.5) is 5.69 Å². The molecule has 1 aliphatic carbocycles. The van der Waals surface area contributed by atoms with Crippen molar-refractivity contribution in [3.8, 4) is 0 Å². The third kappa shape index (κ3) is 2.21. The van der Waals surface area contributed by atoms with Gasteiger partial charge >= 0.3 is 0 Å². The van der Waals surface area contributed by atoms with E-state index in [1.807, 2.05) is 6.08 Å². The van der Waals surface area contributed by atoms with Crippen molar-refractivity contribution in [2.75, 3.05) is 5.73 Å². The third-order valence-corrected chi connectivity index (χ3v) is 2.73. The molecule has 0 aromatic heterocycles. The van der Waals surface area contributed by atoms with Gasteiger partial charge in [-0.2, -0.15) is 0 Å². The number of ketones is 1. The van der Waals surface area contributed by atoms with E-state index in [9.17, 15) is 4.79 Å². The first-order valence-electron chi connectivity index (χ1n) is 4.96. The van der Waals surface area contributed by atoms with Crippen LogP contribution in [-0.4, -0.2) is 5.78 Å². The van der Waals surface area contributed by atoms with Crippen molar-refractivity contribution in [2.24, 2.45) is 0 Å². The summed E-state index contributed by atoms with van der Waals surface area (Å²) < 4.78 is 0. The standard InChI is InChI=1S/C12H12ClNO/c13-10-5-9(6-11(14)7-10)12(15)8-3-1-2-4-8/h3,5-7H,1-2,4,14H2. The Hall–Kier alpha value is -1.28. The predicted octanol–water partition coefficient (Wildman–Crippen LogP) is 3.22. The van der Waals surface area contributed by atoms with Crippen molar-refractivity contribution in [1.82, 2.24) is 0 Å². The van der Waals surface area contributed by atoms with Crippen molar-refractivity contribution in [1.29, 1.82) is 0 Å². The zero-order valence-electron chi connectivity index (χ0n) is 8.29. The van der Waals surface area contributed by atoms with Crippen LogP contribution in [0.3, 0.4) is 0 Å². The summed E-state index contributed by atoms with van der Waals surface area (Å²) in [6, 6.07) is 4.98. The largest absolute Gasteiger partial charge is 0.399 e. The molecular formula is C12H12ClNO. The summed E-state index contributed by atoms with van der Waals surface area (Å²) in [4.78, 5) is 12.0. The van der Waals surface area contributed by atoms with E-state index in [1.165, 1.54) is 0 Å². The number of nitrogens with two attached hydrogens (primary N) is 1. The zero-order valence-corrected chi connectivity index (χ0v) is 9.05. The number of rotatable bonds is 2.